The highest BCUT2D eigenvalue weighted by Gasteiger charge is 2.44. The molecule has 1 heterocycles. The van der Waals surface area contributed by atoms with Crippen molar-refractivity contribution in [2.75, 3.05) is 0 Å². The second-order valence-corrected chi connectivity index (χ2v) is 2.95. The van der Waals surface area contributed by atoms with Gasteiger partial charge in [-0.15, -0.1) is 0 Å². The molecule has 1 aromatic rings. The topological polar surface area (TPSA) is 35.0 Å². The first-order chi connectivity index (χ1) is 6.42. The minimum atomic E-state index is -4.55. The standard InChI is InChI=1S/C6H3BrF4N2O/c7-3-1-13-4(2-12-3)14-6(10,11)5(8)9/h1-2,5H. The molecule has 1 aromatic heterocycles. The number of alkyl halides is 4. The zero-order chi connectivity index (χ0) is 10.8. The highest BCUT2D eigenvalue weighted by atomic mass is 79.9. The van der Waals surface area contributed by atoms with Gasteiger partial charge in [-0.1, -0.05) is 0 Å². The van der Waals surface area contributed by atoms with Gasteiger partial charge in [-0.2, -0.15) is 17.6 Å². The lowest BCUT2D eigenvalue weighted by Gasteiger charge is -2.15. The molecule has 1 rings (SSSR count). The summed E-state index contributed by atoms with van der Waals surface area (Å²) in [5.74, 6) is -0.668. The minimum absolute atomic E-state index is 0.283. The zero-order valence-electron chi connectivity index (χ0n) is 6.42. The summed E-state index contributed by atoms with van der Waals surface area (Å²) in [5, 5.41) is 0. The van der Waals surface area contributed by atoms with E-state index in [0.29, 0.717) is 0 Å². The molecule has 0 spiro atoms. The van der Waals surface area contributed by atoms with Crippen molar-refractivity contribution in [2.24, 2.45) is 0 Å². The third kappa shape index (κ3) is 2.79. The van der Waals surface area contributed by atoms with Gasteiger partial charge in [0, 0.05) is 0 Å². The van der Waals surface area contributed by atoms with Crippen LogP contribution in [0, 0.1) is 0 Å². The van der Waals surface area contributed by atoms with Crippen LogP contribution in [0.4, 0.5) is 17.6 Å². The van der Waals surface area contributed by atoms with Crippen LogP contribution in [-0.4, -0.2) is 22.5 Å². The lowest BCUT2D eigenvalue weighted by Crippen LogP contribution is -2.33. The van der Waals surface area contributed by atoms with E-state index >= 15 is 0 Å². The molecule has 0 radical (unpaired) electrons. The van der Waals surface area contributed by atoms with Crippen molar-refractivity contribution in [1.82, 2.24) is 9.97 Å². The van der Waals surface area contributed by atoms with Gasteiger partial charge in [0.15, 0.2) is 0 Å². The maximum absolute atomic E-state index is 12.3. The first-order valence-corrected chi connectivity index (χ1v) is 4.03. The van der Waals surface area contributed by atoms with E-state index in [1.54, 1.807) is 0 Å². The minimum Gasteiger partial charge on any atom is -0.409 e. The van der Waals surface area contributed by atoms with Crippen LogP contribution in [0.25, 0.3) is 0 Å². The lowest BCUT2D eigenvalue weighted by atomic mass is 10.6. The molecule has 0 saturated carbocycles. The quantitative estimate of drug-likeness (QED) is 0.795. The molecule has 0 amide bonds. The van der Waals surface area contributed by atoms with E-state index < -0.39 is 18.4 Å². The molecule has 0 saturated heterocycles. The molecule has 0 bridgehead atoms. The van der Waals surface area contributed by atoms with E-state index in [1.807, 2.05) is 0 Å². The summed E-state index contributed by atoms with van der Waals surface area (Å²) in [6, 6.07) is 0. The van der Waals surface area contributed by atoms with E-state index in [2.05, 4.69) is 30.6 Å². The van der Waals surface area contributed by atoms with E-state index in [4.69, 9.17) is 0 Å². The maximum atomic E-state index is 12.3. The molecular weight excluding hydrogens is 272 g/mol. The largest absolute Gasteiger partial charge is 0.462 e. The Morgan fingerprint density at radius 2 is 1.93 bits per heavy atom. The van der Waals surface area contributed by atoms with Gasteiger partial charge in [0.05, 0.1) is 12.4 Å². The summed E-state index contributed by atoms with van der Waals surface area (Å²) in [5.41, 5.74) is 0. The summed E-state index contributed by atoms with van der Waals surface area (Å²) >= 11 is 2.89. The molecular formula is C6H3BrF4N2O. The molecule has 3 nitrogen and oxygen atoms in total. The van der Waals surface area contributed by atoms with Crippen molar-refractivity contribution >= 4 is 15.9 Å². The number of rotatable bonds is 3. The maximum Gasteiger partial charge on any atom is 0.462 e. The van der Waals surface area contributed by atoms with Crippen LogP contribution in [0.2, 0.25) is 0 Å². The predicted octanol–water partition coefficient (Wildman–Crippen LogP) is 2.48. The van der Waals surface area contributed by atoms with E-state index in [9.17, 15) is 17.6 Å². The van der Waals surface area contributed by atoms with Gasteiger partial charge in [-0.25, -0.2) is 9.97 Å². The summed E-state index contributed by atoms with van der Waals surface area (Å²) in [4.78, 5) is 6.77. The lowest BCUT2D eigenvalue weighted by molar-refractivity contribution is -0.254. The number of hydrogen-bond acceptors (Lipinski definition) is 3. The average Bonchev–Trinajstić information content (AvgIpc) is 2.08. The fourth-order valence-electron chi connectivity index (χ4n) is 0.537. The number of hydrogen-bond donors (Lipinski definition) is 0. The Labute approximate surface area is 84.2 Å². The smallest absolute Gasteiger partial charge is 0.409 e. The van der Waals surface area contributed by atoms with Gasteiger partial charge in [-0.3, -0.25) is 0 Å². The molecule has 0 aromatic carbocycles. The second-order valence-electron chi connectivity index (χ2n) is 2.14. The third-order valence-electron chi connectivity index (χ3n) is 1.09. The van der Waals surface area contributed by atoms with Gasteiger partial charge >= 0.3 is 12.5 Å². The van der Waals surface area contributed by atoms with Crippen LogP contribution in [0.3, 0.4) is 0 Å². The molecule has 78 valence electrons. The highest BCUT2D eigenvalue weighted by Crippen LogP contribution is 2.25. The highest BCUT2D eigenvalue weighted by molar-refractivity contribution is 9.10. The molecule has 0 fully saturated rings. The Bertz CT molecular complexity index is 305. The van der Waals surface area contributed by atoms with Gasteiger partial charge in [0.2, 0.25) is 5.88 Å². The SMILES string of the molecule is FC(F)C(F)(F)Oc1cnc(Br)cn1. The van der Waals surface area contributed by atoms with Gasteiger partial charge in [-0.05, 0) is 15.9 Å². The molecule has 8 heteroatoms. The fourth-order valence-corrected chi connectivity index (χ4v) is 0.742. The molecule has 0 aliphatic heterocycles. The van der Waals surface area contributed by atoms with Crippen LogP contribution in [-0.2, 0) is 0 Å². The first kappa shape index (κ1) is 11.2. The van der Waals surface area contributed by atoms with Gasteiger partial charge in [0.25, 0.3) is 0 Å². The summed E-state index contributed by atoms with van der Waals surface area (Å²) < 4.78 is 51.8. The van der Waals surface area contributed by atoms with Crippen LogP contribution in [0.15, 0.2) is 17.0 Å². The Morgan fingerprint density at radius 3 is 2.36 bits per heavy atom. The summed E-state index contributed by atoms with van der Waals surface area (Å²) in [6.07, 6.45) is -6.60. The van der Waals surface area contributed by atoms with E-state index in [0.717, 1.165) is 12.4 Å². The normalized spacial score (nSPS) is 11.9. The second kappa shape index (κ2) is 4.07. The Morgan fingerprint density at radius 1 is 1.29 bits per heavy atom. The fraction of sp³-hybridized carbons (Fsp3) is 0.333. The monoisotopic (exact) mass is 274 g/mol. The molecule has 0 atom stereocenters. The van der Waals surface area contributed by atoms with Crippen molar-refractivity contribution in [3.05, 3.63) is 17.0 Å². The number of aromatic nitrogens is 2. The number of nitrogens with zero attached hydrogens (tertiary/aromatic N) is 2. The van der Waals surface area contributed by atoms with Crippen LogP contribution < -0.4 is 4.74 Å². The molecule has 14 heavy (non-hydrogen) atoms. The van der Waals surface area contributed by atoms with E-state index in [1.165, 1.54) is 0 Å². The molecule has 0 aliphatic carbocycles. The Hall–Kier alpha value is -0.920. The van der Waals surface area contributed by atoms with E-state index in [-0.39, 0.29) is 4.60 Å². The van der Waals surface area contributed by atoms with Crippen molar-refractivity contribution < 1.29 is 22.3 Å². The van der Waals surface area contributed by atoms with Crippen molar-refractivity contribution in [3.8, 4) is 5.88 Å². The summed E-state index contributed by atoms with van der Waals surface area (Å²) in [6.45, 7) is 0. The first-order valence-electron chi connectivity index (χ1n) is 3.24. The third-order valence-corrected chi connectivity index (χ3v) is 1.50. The average molecular weight is 275 g/mol. The van der Waals surface area contributed by atoms with Crippen LogP contribution >= 0.6 is 15.9 Å². The van der Waals surface area contributed by atoms with Gasteiger partial charge in [0.1, 0.15) is 4.60 Å². The van der Waals surface area contributed by atoms with Crippen molar-refractivity contribution in [3.63, 3.8) is 0 Å². The molecule has 0 aliphatic rings. The predicted molar refractivity (Wildman–Crippen MR) is 41.3 cm³/mol. The molecule has 0 N–H and O–H groups in total. The number of halogens is 5. The zero-order valence-corrected chi connectivity index (χ0v) is 8.01. The van der Waals surface area contributed by atoms with Crippen LogP contribution in [0.5, 0.6) is 5.88 Å². The summed E-state index contributed by atoms with van der Waals surface area (Å²) in [7, 11) is 0. The van der Waals surface area contributed by atoms with Gasteiger partial charge < -0.3 is 4.74 Å². The van der Waals surface area contributed by atoms with Crippen molar-refractivity contribution in [1.29, 1.82) is 0 Å². The van der Waals surface area contributed by atoms with Crippen LogP contribution in [0.1, 0.15) is 0 Å². The Balaban J connectivity index is 2.74. The Kier molecular flexibility index (Phi) is 3.25. The molecule has 0 unspecified atom stereocenters. The van der Waals surface area contributed by atoms with Crippen molar-refractivity contribution in [2.45, 2.75) is 12.5 Å². The number of ether oxygens (including phenoxy) is 1.